The molecule has 558 valence electrons. The smallest absolute Gasteiger partial charge is 0.311 e. The molecule has 2 saturated heterocycles. The number of fused-ring (bicyclic) bond motifs is 2. The molecule has 0 radical (unpaired) electrons. The van der Waals surface area contributed by atoms with Crippen LogP contribution in [0.25, 0.3) is 0 Å². The second kappa shape index (κ2) is 43.1. The zero-order valence-corrected chi connectivity index (χ0v) is 67.0. The van der Waals surface area contributed by atoms with Crippen molar-refractivity contribution in [3.63, 3.8) is 0 Å². The van der Waals surface area contributed by atoms with E-state index < -0.39 is 5.97 Å². The summed E-state index contributed by atoms with van der Waals surface area (Å²) in [7, 11) is 3.97. The largest absolute Gasteiger partial charge is 0.487 e. The van der Waals surface area contributed by atoms with Gasteiger partial charge < -0.3 is 33.5 Å². The van der Waals surface area contributed by atoms with Crippen LogP contribution in [0.1, 0.15) is 312 Å². The highest BCUT2D eigenvalue weighted by atomic mass is 33.1. The van der Waals surface area contributed by atoms with Crippen molar-refractivity contribution in [3.05, 3.63) is 50.1 Å². The maximum atomic E-state index is 13.4. The molecule has 98 heavy (non-hydrogen) atoms. The van der Waals surface area contributed by atoms with Gasteiger partial charge in [-0.05, 0) is 263 Å². The molecule has 13 heteroatoms. The zero-order chi connectivity index (χ0) is 71.4. The highest BCUT2D eigenvalue weighted by molar-refractivity contribution is 8.76. The highest BCUT2D eigenvalue weighted by Crippen LogP contribution is 2.46. The summed E-state index contributed by atoms with van der Waals surface area (Å²) in [5, 5.41) is 0. The molecule has 0 amide bonds. The first-order valence-electron chi connectivity index (χ1n) is 40.1. The van der Waals surface area contributed by atoms with Crippen molar-refractivity contribution in [2.75, 3.05) is 64.0 Å². The fourth-order valence-corrected chi connectivity index (χ4v) is 18.3. The number of ether oxygens (including phenoxy) is 5. The van der Waals surface area contributed by atoms with Crippen molar-refractivity contribution in [1.82, 2.24) is 9.80 Å². The van der Waals surface area contributed by atoms with Gasteiger partial charge in [-0.15, -0.1) is 0 Å². The normalized spacial score (nSPS) is 19.9. The minimum absolute atomic E-state index is 0.00614. The van der Waals surface area contributed by atoms with Gasteiger partial charge in [-0.3, -0.25) is 19.2 Å². The molecular weight excluding hydrogens is 1260 g/mol. The standard InChI is InChI=1S/C85H142N2O9S2/c1-60(2)23-17-25-62(5)27-19-29-64(7)31-21-45-84(15)47-37-75-70(13)77(66(9)67(10)82(75)95-84)59-74(88)33-34-78(89)92-55-43-72-39-49-86(50-40-72)53-57-97-98-58-54-87-51-41-73(42-52-87)44-56-93-79(90)35-36-80(91)94-81-68(11)69(12)83-76(71(81)14)38-48-85(16,96-83)46-22-32-65(8)30-20-28-63(6)26-18-24-61(3)4/h60-65,72-73H,17-59H2,1-16H3. The molecule has 11 nitrogen and oxygen atoms in total. The van der Waals surface area contributed by atoms with Crippen molar-refractivity contribution >= 4 is 45.3 Å². The fourth-order valence-electron chi connectivity index (χ4n) is 16.2. The monoisotopic (exact) mass is 1400 g/mol. The number of rotatable bonds is 46. The van der Waals surface area contributed by atoms with E-state index in [1.165, 1.54) is 114 Å². The van der Waals surface area contributed by atoms with E-state index in [1.54, 1.807) is 0 Å². The lowest BCUT2D eigenvalue weighted by Crippen LogP contribution is -2.37. The first-order chi connectivity index (χ1) is 46.7. The SMILES string of the molecule is Cc1c(C)c2c(c(C)c1CC(=O)CCC(=O)OCCC1CCN(CCSSCCN3CCC(CCOC(=O)CCC(=O)Oc4c(C)c(C)c5c(c4C)CCC(C)(CCCC(C)CCCC(C)CCCC(C)C)O5)CC3)CC1)CCC(C)(CCCC(C)CCCC(C)CCCC(C)C)O2. The van der Waals surface area contributed by atoms with Gasteiger partial charge in [-0.2, -0.15) is 0 Å². The summed E-state index contributed by atoms with van der Waals surface area (Å²) in [6, 6.07) is 0. The van der Waals surface area contributed by atoms with Crippen LogP contribution >= 0.6 is 21.6 Å². The fraction of sp³-hybridized carbons (Fsp3) is 0.812. The lowest BCUT2D eigenvalue weighted by molar-refractivity contribution is -0.147. The van der Waals surface area contributed by atoms with Gasteiger partial charge in [0.15, 0.2) is 0 Å². The van der Waals surface area contributed by atoms with E-state index in [0.717, 1.165) is 214 Å². The van der Waals surface area contributed by atoms with Crippen LogP contribution in [-0.2, 0) is 47.9 Å². The molecule has 0 aliphatic carbocycles. The number of ketones is 1. The Morgan fingerprint density at radius 1 is 0.469 bits per heavy atom. The number of likely N-dealkylation sites (tertiary alicyclic amines) is 2. The van der Waals surface area contributed by atoms with E-state index in [9.17, 15) is 19.2 Å². The van der Waals surface area contributed by atoms with Gasteiger partial charge in [-0.25, -0.2) is 0 Å². The molecule has 0 aromatic heterocycles. The summed E-state index contributed by atoms with van der Waals surface area (Å²) in [5.41, 5.74) is 9.57. The zero-order valence-electron chi connectivity index (χ0n) is 65.4. The topological polar surface area (TPSA) is 121 Å². The van der Waals surface area contributed by atoms with Gasteiger partial charge in [0.2, 0.25) is 0 Å². The molecule has 2 fully saturated rings. The number of piperidine rings is 2. The summed E-state index contributed by atoms with van der Waals surface area (Å²) in [6.45, 7) is 43.6. The molecule has 6 atom stereocenters. The van der Waals surface area contributed by atoms with E-state index in [2.05, 4.69) is 107 Å². The molecule has 2 aromatic carbocycles. The average molecular weight is 1400 g/mol. The molecule has 0 N–H and O–H groups in total. The maximum absolute atomic E-state index is 13.4. The minimum Gasteiger partial charge on any atom is -0.487 e. The third-order valence-corrected chi connectivity index (χ3v) is 26.1. The van der Waals surface area contributed by atoms with E-state index >= 15 is 0 Å². The van der Waals surface area contributed by atoms with Gasteiger partial charge in [0.25, 0.3) is 0 Å². The number of hydrogen-bond acceptors (Lipinski definition) is 13. The number of esters is 3. The molecule has 0 saturated carbocycles. The van der Waals surface area contributed by atoms with Crippen molar-refractivity contribution in [2.45, 2.75) is 334 Å². The Bertz CT molecular complexity index is 2560. The summed E-state index contributed by atoms with van der Waals surface area (Å²) < 4.78 is 31.1. The quantitative estimate of drug-likeness (QED) is 0.0271. The van der Waals surface area contributed by atoms with Gasteiger partial charge in [0.05, 0.1) is 32.5 Å². The van der Waals surface area contributed by atoms with Gasteiger partial charge >= 0.3 is 17.9 Å². The molecule has 0 bridgehead atoms. The van der Waals surface area contributed by atoms with Crippen molar-refractivity contribution in [3.8, 4) is 17.2 Å². The van der Waals surface area contributed by atoms with E-state index in [1.807, 2.05) is 35.4 Å². The molecule has 6 rings (SSSR count). The molecule has 2 aromatic rings. The second-order valence-electron chi connectivity index (χ2n) is 33.4. The van der Waals surface area contributed by atoms with Crippen LogP contribution in [0.4, 0.5) is 0 Å². The third kappa shape index (κ3) is 29.1. The Morgan fingerprint density at radius 3 is 1.28 bits per heavy atom. The van der Waals surface area contributed by atoms with Crippen LogP contribution in [0, 0.1) is 88.9 Å². The van der Waals surface area contributed by atoms with Crippen LogP contribution in [0.2, 0.25) is 0 Å². The molecule has 4 aliphatic rings. The summed E-state index contributed by atoms with van der Waals surface area (Å²) in [6.07, 6.45) is 34.0. The van der Waals surface area contributed by atoms with Gasteiger partial charge in [0, 0.05) is 43.0 Å². The van der Waals surface area contributed by atoms with Crippen LogP contribution in [0.3, 0.4) is 0 Å². The number of hydrogen-bond donors (Lipinski definition) is 0. The average Bonchev–Trinajstić information content (AvgIpc) is 0.767. The van der Waals surface area contributed by atoms with Crippen LogP contribution in [0.15, 0.2) is 0 Å². The van der Waals surface area contributed by atoms with Crippen molar-refractivity contribution in [1.29, 1.82) is 0 Å². The maximum Gasteiger partial charge on any atom is 0.311 e. The first-order valence-corrected chi connectivity index (χ1v) is 42.5. The summed E-state index contributed by atoms with van der Waals surface area (Å²) in [5.74, 6) is 9.85. The Labute approximate surface area is 606 Å². The third-order valence-electron chi connectivity index (χ3n) is 23.7. The Balaban J connectivity index is 0.740. The predicted molar refractivity (Wildman–Crippen MR) is 413 cm³/mol. The van der Waals surface area contributed by atoms with Crippen LogP contribution < -0.4 is 14.2 Å². The number of Topliss-reactive ketones (excluding diaryl/α,β-unsaturated/α-hetero) is 1. The minimum atomic E-state index is -0.402. The second-order valence-corrected chi connectivity index (χ2v) is 36.1. The molecular formula is C85H142N2O9S2. The summed E-state index contributed by atoms with van der Waals surface area (Å²) >= 11 is 0. The number of benzene rings is 2. The number of carbonyl (C=O) groups excluding carboxylic acids is 4. The van der Waals surface area contributed by atoms with Crippen molar-refractivity contribution < 1.29 is 42.9 Å². The molecule has 4 aliphatic heterocycles. The lowest BCUT2D eigenvalue weighted by atomic mass is 9.81. The molecule has 0 spiro atoms. The lowest BCUT2D eigenvalue weighted by Gasteiger charge is -2.38. The Morgan fingerprint density at radius 2 is 0.847 bits per heavy atom. The number of nitrogens with zero attached hydrogens (tertiary/aromatic N) is 2. The number of carbonyl (C=O) groups is 4. The predicted octanol–water partition coefficient (Wildman–Crippen LogP) is 21.5. The summed E-state index contributed by atoms with van der Waals surface area (Å²) in [4.78, 5) is 57.4. The Kier molecular flexibility index (Phi) is 36.8. The van der Waals surface area contributed by atoms with Gasteiger partial charge in [0.1, 0.15) is 34.2 Å². The van der Waals surface area contributed by atoms with Gasteiger partial charge in [-0.1, -0.05) is 167 Å². The van der Waals surface area contributed by atoms with Crippen molar-refractivity contribution in [2.24, 2.45) is 47.3 Å². The van der Waals surface area contributed by atoms with E-state index in [-0.39, 0.29) is 54.6 Å². The first kappa shape index (κ1) is 83.7. The van der Waals surface area contributed by atoms with Crippen LogP contribution in [0.5, 0.6) is 17.2 Å². The van der Waals surface area contributed by atoms with E-state index in [4.69, 9.17) is 23.7 Å². The Hall–Kier alpha value is -3.26. The molecule has 4 heterocycles. The van der Waals surface area contributed by atoms with Crippen LogP contribution in [-0.4, -0.2) is 109 Å². The highest BCUT2D eigenvalue weighted by Gasteiger charge is 2.37. The van der Waals surface area contributed by atoms with E-state index in [0.29, 0.717) is 37.2 Å². The molecule has 6 unspecified atom stereocenters.